The standard InChI is InChI=1S/C12H17N5OS/c1-8-6-10(9(2)17(8)3)11(18)13-4-5-19-12-14-7-15-16-12/h6-7H,4-5H2,1-3H3,(H,13,18)(H,14,15,16). The van der Waals surface area contributed by atoms with Gasteiger partial charge in [0.1, 0.15) is 6.33 Å². The van der Waals surface area contributed by atoms with Gasteiger partial charge in [0.05, 0.1) is 5.56 Å². The summed E-state index contributed by atoms with van der Waals surface area (Å²) in [5.74, 6) is 0.727. The number of rotatable bonds is 5. The van der Waals surface area contributed by atoms with Crippen LogP contribution in [0.15, 0.2) is 17.6 Å². The van der Waals surface area contributed by atoms with Crippen molar-refractivity contribution in [3.05, 3.63) is 29.3 Å². The third-order valence-electron chi connectivity index (χ3n) is 3.04. The van der Waals surface area contributed by atoms with Crippen LogP contribution in [0.2, 0.25) is 0 Å². The van der Waals surface area contributed by atoms with Crippen LogP contribution in [0.1, 0.15) is 21.7 Å². The minimum absolute atomic E-state index is 0.0284. The van der Waals surface area contributed by atoms with Crippen LogP contribution in [0, 0.1) is 13.8 Å². The summed E-state index contributed by atoms with van der Waals surface area (Å²) in [5, 5.41) is 10.2. The molecule has 0 atom stereocenters. The molecule has 0 aliphatic rings. The fourth-order valence-electron chi connectivity index (χ4n) is 1.76. The Kier molecular flexibility index (Phi) is 4.26. The minimum atomic E-state index is -0.0284. The molecular weight excluding hydrogens is 262 g/mol. The second-order valence-corrected chi connectivity index (χ2v) is 5.32. The van der Waals surface area contributed by atoms with Crippen molar-refractivity contribution in [3.8, 4) is 0 Å². The topological polar surface area (TPSA) is 75.6 Å². The highest BCUT2D eigenvalue weighted by Crippen LogP contribution is 2.13. The van der Waals surface area contributed by atoms with Gasteiger partial charge in [-0.3, -0.25) is 9.89 Å². The Balaban J connectivity index is 1.82. The lowest BCUT2D eigenvalue weighted by Gasteiger charge is -2.04. The summed E-state index contributed by atoms with van der Waals surface area (Å²) in [6, 6.07) is 1.91. The van der Waals surface area contributed by atoms with Gasteiger partial charge in [-0.1, -0.05) is 11.8 Å². The predicted octanol–water partition coefficient (Wildman–Crippen LogP) is 1.28. The van der Waals surface area contributed by atoms with Crippen LogP contribution in [0.5, 0.6) is 0 Å². The molecule has 0 unspecified atom stereocenters. The molecule has 1 amide bonds. The second kappa shape index (κ2) is 5.92. The monoisotopic (exact) mass is 279 g/mol. The van der Waals surface area contributed by atoms with Gasteiger partial charge in [-0.2, -0.15) is 5.10 Å². The van der Waals surface area contributed by atoms with Crippen LogP contribution in [0.4, 0.5) is 0 Å². The molecular formula is C12H17N5OS. The average Bonchev–Trinajstić information content (AvgIpc) is 2.99. The van der Waals surface area contributed by atoms with Gasteiger partial charge in [-0.15, -0.1) is 0 Å². The highest BCUT2D eigenvalue weighted by Gasteiger charge is 2.13. The van der Waals surface area contributed by atoms with E-state index >= 15 is 0 Å². The number of amides is 1. The van der Waals surface area contributed by atoms with Crippen molar-refractivity contribution < 1.29 is 4.79 Å². The highest BCUT2D eigenvalue weighted by atomic mass is 32.2. The van der Waals surface area contributed by atoms with Crippen molar-refractivity contribution in [1.82, 2.24) is 25.1 Å². The Bertz CT molecular complexity index is 561. The first-order valence-corrected chi connectivity index (χ1v) is 6.97. The fourth-order valence-corrected chi connectivity index (χ4v) is 2.39. The Morgan fingerprint density at radius 2 is 2.32 bits per heavy atom. The zero-order chi connectivity index (χ0) is 13.8. The number of nitrogens with zero attached hydrogens (tertiary/aromatic N) is 3. The lowest BCUT2D eigenvalue weighted by atomic mass is 10.2. The molecule has 0 spiro atoms. The minimum Gasteiger partial charge on any atom is -0.351 e. The summed E-state index contributed by atoms with van der Waals surface area (Å²) in [6.07, 6.45) is 1.47. The number of carbonyl (C=O) groups excluding carboxylic acids is 1. The van der Waals surface area contributed by atoms with Crippen molar-refractivity contribution in [2.75, 3.05) is 12.3 Å². The van der Waals surface area contributed by atoms with Crippen molar-refractivity contribution in [2.24, 2.45) is 7.05 Å². The molecule has 0 radical (unpaired) electrons. The van der Waals surface area contributed by atoms with Gasteiger partial charge in [0.15, 0.2) is 5.16 Å². The highest BCUT2D eigenvalue weighted by molar-refractivity contribution is 7.99. The van der Waals surface area contributed by atoms with Gasteiger partial charge in [0, 0.05) is 30.7 Å². The van der Waals surface area contributed by atoms with Gasteiger partial charge in [0.2, 0.25) is 0 Å². The molecule has 2 aromatic rings. The molecule has 2 aromatic heterocycles. The summed E-state index contributed by atoms with van der Waals surface area (Å²) in [5.41, 5.74) is 2.81. The van der Waals surface area contributed by atoms with Crippen LogP contribution in [-0.2, 0) is 7.05 Å². The lowest BCUT2D eigenvalue weighted by molar-refractivity contribution is 0.0955. The maximum Gasteiger partial charge on any atom is 0.253 e. The van der Waals surface area contributed by atoms with Gasteiger partial charge in [-0.05, 0) is 19.9 Å². The third-order valence-corrected chi connectivity index (χ3v) is 3.92. The first-order valence-electron chi connectivity index (χ1n) is 5.99. The molecule has 7 heteroatoms. The van der Waals surface area contributed by atoms with Crippen molar-refractivity contribution in [1.29, 1.82) is 0 Å². The number of aromatic nitrogens is 4. The zero-order valence-corrected chi connectivity index (χ0v) is 12.0. The van der Waals surface area contributed by atoms with Gasteiger partial charge in [0.25, 0.3) is 5.91 Å². The number of thioether (sulfide) groups is 1. The van der Waals surface area contributed by atoms with Crippen molar-refractivity contribution in [2.45, 2.75) is 19.0 Å². The van der Waals surface area contributed by atoms with Crippen LogP contribution in [0.3, 0.4) is 0 Å². The second-order valence-electron chi connectivity index (χ2n) is 4.24. The molecule has 2 rings (SSSR count). The molecule has 0 fully saturated rings. The molecule has 2 heterocycles. The van der Waals surface area contributed by atoms with E-state index in [1.54, 1.807) is 0 Å². The SMILES string of the molecule is Cc1cc(C(=O)NCCSc2ncn[nH]2)c(C)n1C. The lowest BCUT2D eigenvalue weighted by Crippen LogP contribution is -2.26. The number of carbonyl (C=O) groups is 1. The number of H-pyrrole nitrogens is 1. The molecule has 0 saturated heterocycles. The fraction of sp³-hybridized carbons (Fsp3) is 0.417. The maximum absolute atomic E-state index is 12.0. The van der Waals surface area contributed by atoms with E-state index in [2.05, 4.69) is 20.5 Å². The third kappa shape index (κ3) is 3.17. The summed E-state index contributed by atoms with van der Waals surface area (Å²) < 4.78 is 2.01. The van der Waals surface area contributed by atoms with Crippen LogP contribution in [-0.4, -0.2) is 38.0 Å². The zero-order valence-electron chi connectivity index (χ0n) is 11.2. The van der Waals surface area contributed by atoms with Crippen LogP contribution < -0.4 is 5.32 Å². The molecule has 2 N–H and O–H groups in total. The molecule has 0 saturated carbocycles. The largest absolute Gasteiger partial charge is 0.351 e. The summed E-state index contributed by atoms with van der Waals surface area (Å²) in [6.45, 7) is 4.53. The average molecular weight is 279 g/mol. The molecule has 19 heavy (non-hydrogen) atoms. The Morgan fingerprint density at radius 3 is 2.89 bits per heavy atom. The van der Waals surface area contributed by atoms with E-state index in [9.17, 15) is 4.79 Å². The summed E-state index contributed by atoms with van der Waals surface area (Å²) in [4.78, 5) is 16.0. The van der Waals surface area contributed by atoms with Gasteiger partial charge in [-0.25, -0.2) is 4.98 Å². The Labute approximate surface area is 116 Å². The smallest absolute Gasteiger partial charge is 0.253 e. The van der Waals surface area contributed by atoms with E-state index in [-0.39, 0.29) is 5.91 Å². The molecule has 0 aliphatic carbocycles. The first-order chi connectivity index (χ1) is 9.09. The summed E-state index contributed by atoms with van der Waals surface area (Å²) in [7, 11) is 1.96. The molecule has 6 nitrogen and oxygen atoms in total. The number of hydrogen-bond acceptors (Lipinski definition) is 4. The Hall–Kier alpha value is -1.76. The molecule has 102 valence electrons. The number of aryl methyl sites for hydroxylation is 1. The first kappa shape index (κ1) is 13.7. The van der Waals surface area contributed by atoms with E-state index in [0.29, 0.717) is 6.54 Å². The van der Waals surface area contributed by atoms with Gasteiger partial charge < -0.3 is 9.88 Å². The molecule has 0 aromatic carbocycles. The van der Waals surface area contributed by atoms with Crippen molar-refractivity contribution >= 4 is 17.7 Å². The number of aromatic amines is 1. The normalized spacial score (nSPS) is 10.7. The molecule has 0 aliphatic heterocycles. The van der Waals surface area contributed by atoms with Crippen molar-refractivity contribution in [3.63, 3.8) is 0 Å². The van der Waals surface area contributed by atoms with E-state index in [0.717, 1.165) is 27.9 Å². The van der Waals surface area contributed by atoms with Gasteiger partial charge >= 0.3 is 0 Å². The Morgan fingerprint density at radius 1 is 1.53 bits per heavy atom. The number of nitrogens with one attached hydrogen (secondary N) is 2. The maximum atomic E-state index is 12.0. The van der Waals surface area contributed by atoms with Crippen LogP contribution >= 0.6 is 11.8 Å². The van der Waals surface area contributed by atoms with E-state index in [1.165, 1.54) is 18.1 Å². The van der Waals surface area contributed by atoms with E-state index in [1.807, 2.05) is 31.5 Å². The summed E-state index contributed by atoms with van der Waals surface area (Å²) >= 11 is 1.53. The quantitative estimate of drug-likeness (QED) is 0.638. The number of hydrogen-bond donors (Lipinski definition) is 2. The van der Waals surface area contributed by atoms with E-state index in [4.69, 9.17) is 0 Å². The van der Waals surface area contributed by atoms with Crippen LogP contribution in [0.25, 0.3) is 0 Å². The molecule has 0 bridgehead atoms. The predicted molar refractivity (Wildman–Crippen MR) is 74.3 cm³/mol. The van der Waals surface area contributed by atoms with E-state index < -0.39 is 0 Å².